The Balaban J connectivity index is 1.58. The van der Waals surface area contributed by atoms with E-state index in [0.717, 1.165) is 0 Å². The van der Waals surface area contributed by atoms with Crippen molar-refractivity contribution >= 4 is 5.91 Å². The summed E-state index contributed by atoms with van der Waals surface area (Å²) >= 11 is 0. The van der Waals surface area contributed by atoms with E-state index in [2.05, 4.69) is 25.6 Å². The number of carbonyl (C=O) groups excluding carboxylic acids is 1. The van der Waals surface area contributed by atoms with Crippen LogP contribution in [0.4, 0.5) is 0 Å². The molecular formula is C14H13N7O2. The van der Waals surface area contributed by atoms with Crippen molar-refractivity contribution in [2.75, 3.05) is 6.54 Å². The topological polar surface area (TPSA) is 108 Å². The van der Waals surface area contributed by atoms with Crippen molar-refractivity contribution in [3.8, 4) is 5.82 Å². The highest BCUT2D eigenvalue weighted by atomic mass is 16.2. The molecule has 23 heavy (non-hydrogen) atoms. The van der Waals surface area contributed by atoms with E-state index in [-0.39, 0.29) is 30.2 Å². The van der Waals surface area contributed by atoms with Gasteiger partial charge in [-0.3, -0.25) is 14.2 Å². The van der Waals surface area contributed by atoms with Crippen LogP contribution in [-0.2, 0) is 6.54 Å². The Morgan fingerprint density at radius 3 is 2.78 bits per heavy atom. The van der Waals surface area contributed by atoms with Crippen molar-refractivity contribution in [2.24, 2.45) is 0 Å². The van der Waals surface area contributed by atoms with Crippen molar-refractivity contribution in [2.45, 2.75) is 6.54 Å². The van der Waals surface area contributed by atoms with Gasteiger partial charge >= 0.3 is 0 Å². The molecule has 3 aromatic heterocycles. The second-order valence-electron chi connectivity index (χ2n) is 4.59. The van der Waals surface area contributed by atoms with Gasteiger partial charge in [-0.1, -0.05) is 0 Å². The summed E-state index contributed by atoms with van der Waals surface area (Å²) in [6, 6.07) is 6.22. The van der Waals surface area contributed by atoms with Gasteiger partial charge < -0.3 is 5.32 Å². The summed E-state index contributed by atoms with van der Waals surface area (Å²) in [5.41, 5.74) is -0.0199. The van der Waals surface area contributed by atoms with Gasteiger partial charge in [0.05, 0.1) is 6.54 Å². The minimum atomic E-state index is -0.362. The molecule has 0 bridgehead atoms. The summed E-state index contributed by atoms with van der Waals surface area (Å²) in [7, 11) is 0. The Kier molecular flexibility index (Phi) is 4.18. The second kappa shape index (κ2) is 6.60. The Bertz CT molecular complexity index is 840. The first-order valence-corrected chi connectivity index (χ1v) is 6.86. The summed E-state index contributed by atoms with van der Waals surface area (Å²) in [5, 5.41) is 14.4. The van der Waals surface area contributed by atoms with Crippen LogP contribution in [0.3, 0.4) is 0 Å². The first-order chi connectivity index (χ1) is 11.2. The molecule has 116 valence electrons. The largest absolute Gasteiger partial charge is 0.349 e. The van der Waals surface area contributed by atoms with Crippen LogP contribution in [0.1, 0.15) is 10.5 Å². The first-order valence-electron chi connectivity index (χ1n) is 6.86. The molecule has 0 unspecified atom stereocenters. The molecule has 3 heterocycles. The predicted octanol–water partition coefficient (Wildman–Crippen LogP) is -0.351. The lowest BCUT2D eigenvalue weighted by Gasteiger charge is -2.06. The van der Waals surface area contributed by atoms with E-state index in [9.17, 15) is 9.59 Å². The fourth-order valence-electron chi connectivity index (χ4n) is 1.90. The maximum absolute atomic E-state index is 12.0. The zero-order valence-corrected chi connectivity index (χ0v) is 12.0. The van der Waals surface area contributed by atoms with E-state index in [1.54, 1.807) is 41.5 Å². The summed E-state index contributed by atoms with van der Waals surface area (Å²) in [6.07, 6.45) is 6.47. The van der Waals surface area contributed by atoms with Crippen LogP contribution in [0.5, 0.6) is 0 Å². The predicted molar refractivity (Wildman–Crippen MR) is 80.0 cm³/mol. The van der Waals surface area contributed by atoms with Gasteiger partial charge in [0.1, 0.15) is 6.33 Å². The van der Waals surface area contributed by atoms with Gasteiger partial charge in [0, 0.05) is 31.2 Å². The average Bonchev–Trinajstić information content (AvgIpc) is 3.11. The molecular weight excluding hydrogens is 298 g/mol. The molecule has 0 spiro atoms. The van der Waals surface area contributed by atoms with E-state index < -0.39 is 0 Å². The van der Waals surface area contributed by atoms with E-state index in [1.807, 2.05) is 0 Å². The average molecular weight is 311 g/mol. The maximum Gasteiger partial charge on any atom is 0.271 e. The minimum absolute atomic E-state index is 0.197. The normalized spacial score (nSPS) is 10.4. The number of imidazole rings is 1. The highest BCUT2D eigenvalue weighted by Gasteiger charge is 2.08. The van der Waals surface area contributed by atoms with Crippen LogP contribution in [0.15, 0.2) is 54.0 Å². The van der Waals surface area contributed by atoms with Crippen LogP contribution in [0.25, 0.3) is 5.82 Å². The molecule has 1 amide bonds. The van der Waals surface area contributed by atoms with E-state index >= 15 is 0 Å². The molecule has 0 fully saturated rings. The van der Waals surface area contributed by atoms with Crippen LogP contribution < -0.4 is 10.9 Å². The van der Waals surface area contributed by atoms with Crippen LogP contribution in [-0.4, -0.2) is 42.0 Å². The summed E-state index contributed by atoms with van der Waals surface area (Å²) in [6.45, 7) is 0.548. The molecule has 0 aliphatic carbocycles. The highest BCUT2D eigenvalue weighted by Crippen LogP contribution is 2.02. The number of rotatable bonds is 5. The van der Waals surface area contributed by atoms with Crippen molar-refractivity contribution in [3.63, 3.8) is 0 Å². The molecule has 0 aliphatic rings. The van der Waals surface area contributed by atoms with Gasteiger partial charge in [-0.15, -0.1) is 10.2 Å². The molecule has 3 rings (SSSR count). The van der Waals surface area contributed by atoms with Crippen LogP contribution in [0, 0.1) is 0 Å². The number of hydrogen-bond acceptors (Lipinski definition) is 6. The molecule has 0 saturated heterocycles. The van der Waals surface area contributed by atoms with Gasteiger partial charge in [-0.2, -0.15) is 5.10 Å². The Morgan fingerprint density at radius 1 is 1.17 bits per heavy atom. The number of carbonyl (C=O) groups is 1. The smallest absolute Gasteiger partial charge is 0.271 e. The highest BCUT2D eigenvalue weighted by molar-refractivity contribution is 5.92. The van der Waals surface area contributed by atoms with Crippen LogP contribution >= 0.6 is 0 Å². The summed E-state index contributed by atoms with van der Waals surface area (Å²) < 4.78 is 2.95. The molecule has 0 aliphatic heterocycles. The molecule has 9 heteroatoms. The lowest BCUT2D eigenvalue weighted by atomic mass is 10.3. The summed E-state index contributed by atoms with van der Waals surface area (Å²) in [5.74, 6) is 0.206. The van der Waals surface area contributed by atoms with Gasteiger partial charge in [0.2, 0.25) is 0 Å². The van der Waals surface area contributed by atoms with Gasteiger partial charge in [-0.05, 0) is 18.2 Å². The van der Waals surface area contributed by atoms with E-state index in [0.29, 0.717) is 5.82 Å². The molecule has 9 nitrogen and oxygen atoms in total. The number of aromatic nitrogens is 6. The number of hydrogen-bond donors (Lipinski definition) is 1. The molecule has 0 radical (unpaired) electrons. The molecule has 1 N–H and O–H groups in total. The standard InChI is InChI=1S/C14H13N7O2/c22-13-2-1-5-17-21(13)9-7-16-14(23)11-3-4-12(19-18-11)20-8-6-15-10-20/h1-6,8,10H,7,9H2,(H,16,23). The molecule has 3 aromatic rings. The number of nitrogens with zero attached hydrogens (tertiary/aromatic N) is 6. The zero-order valence-electron chi connectivity index (χ0n) is 12.0. The van der Waals surface area contributed by atoms with Gasteiger partial charge in [0.25, 0.3) is 11.5 Å². The third kappa shape index (κ3) is 3.46. The summed E-state index contributed by atoms with van der Waals surface area (Å²) in [4.78, 5) is 27.4. The quantitative estimate of drug-likeness (QED) is 0.690. The molecule has 0 saturated carbocycles. The van der Waals surface area contributed by atoms with Crippen molar-refractivity contribution in [1.29, 1.82) is 0 Å². The molecule has 0 atom stereocenters. The van der Waals surface area contributed by atoms with Crippen molar-refractivity contribution in [3.05, 3.63) is 65.2 Å². The second-order valence-corrected chi connectivity index (χ2v) is 4.59. The lowest BCUT2D eigenvalue weighted by Crippen LogP contribution is -2.32. The maximum atomic E-state index is 12.0. The lowest BCUT2D eigenvalue weighted by molar-refractivity contribution is 0.0945. The fourth-order valence-corrected chi connectivity index (χ4v) is 1.90. The minimum Gasteiger partial charge on any atom is -0.349 e. The Hall–Kier alpha value is -3.36. The number of amides is 1. The zero-order chi connectivity index (χ0) is 16.1. The van der Waals surface area contributed by atoms with Gasteiger partial charge in [0.15, 0.2) is 11.5 Å². The van der Waals surface area contributed by atoms with Gasteiger partial charge in [-0.25, -0.2) is 9.67 Å². The Morgan fingerprint density at radius 2 is 2.09 bits per heavy atom. The number of nitrogens with one attached hydrogen (secondary N) is 1. The first kappa shape index (κ1) is 14.6. The third-order valence-corrected chi connectivity index (χ3v) is 3.05. The van der Waals surface area contributed by atoms with Crippen molar-refractivity contribution in [1.82, 2.24) is 34.8 Å². The van der Waals surface area contributed by atoms with E-state index in [4.69, 9.17) is 0 Å². The SMILES string of the molecule is O=C(NCCn1ncccc1=O)c1ccc(-n2ccnc2)nn1. The molecule has 0 aromatic carbocycles. The monoisotopic (exact) mass is 311 g/mol. The van der Waals surface area contributed by atoms with Crippen molar-refractivity contribution < 1.29 is 4.79 Å². The fraction of sp³-hybridized carbons (Fsp3) is 0.143. The van der Waals surface area contributed by atoms with E-state index in [1.165, 1.54) is 16.9 Å². The third-order valence-electron chi connectivity index (χ3n) is 3.05. The Labute approximate surface area is 130 Å². The van der Waals surface area contributed by atoms with Crippen LogP contribution in [0.2, 0.25) is 0 Å².